The lowest BCUT2D eigenvalue weighted by Crippen LogP contribution is -2.70. The number of hydrogen-bond acceptors (Lipinski definition) is 5. The maximum Gasteiger partial charge on any atom is 0.354 e. The second-order valence-electron chi connectivity index (χ2n) is 4.71. The van der Waals surface area contributed by atoms with Gasteiger partial charge in [0.25, 0.3) is 0 Å². The van der Waals surface area contributed by atoms with Gasteiger partial charge in [-0.05, 0) is 19.1 Å². The smallest absolute Gasteiger partial charge is 0.354 e. The van der Waals surface area contributed by atoms with E-state index >= 15 is 0 Å². The molecule has 2 aliphatic rings. The quantitative estimate of drug-likeness (QED) is 0.575. The molecule has 1 saturated heterocycles. The normalized spacial score (nSPS) is 30.1. The number of carbonyl (C=O) groups is 2. The third-order valence-electron chi connectivity index (χ3n) is 3.67. The third kappa shape index (κ3) is 1.91. The van der Waals surface area contributed by atoms with Crippen molar-refractivity contribution in [1.29, 1.82) is 0 Å². The average Bonchev–Trinajstić information content (AvgIpc) is 2.69. The van der Waals surface area contributed by atoms with E-state index in [0.29, 0.717) is 17.1 Å². The number of amides is 1. The van der Waals surface area contributed by atoms with Gasteiger partial charge in [0.1, 0.15) is 4.87 Å². The zero-order valence-electron chi connectivity index (χ0n) is 11.3. The minimum absolute atomic E-state index is 0.0360. The Balaban J connectivity index is 2.45. The van der Waals surface area contributed by atoms with E-state index in [1.165, 1.54) is 28.4 Å². The number of fused-ring (bicyclic) bond motifs is 1. The Kier molecular flexibility index (Phi) is 4.22. The van der Waals surface area contributed by atoms with Crippen LogP contribution in [0, 0.1) is 5.92 Å². The fraction of sp³-hybridized carbons (Fsp3) is 0.538. The van der Waals surface area contributed by atoms with Gasteiger partial charge in [-0.3, -0.25) is 9.69 Å². The second kappa shape index (κ2) is 5.46. The molecule has 2 N–H and O–H groups in total. The Labute approximate surface area is 126 Å². The topological polar surface area (TPSA) is 77.8 Å². The molecular weight excluding hydrogens is 298 g/mol. The van der Waals surface area contributed by atoms with E-state index in [-0.39, 0.29) is 11.6 Å². The molecule has 0 radical (unpaired) electrons. The summed E-state index contributed by atoms with van der Waals surface area (Å²) in [5.74, 6) is -1.99. The summed E-state index contributed by atoms with van der Waals surface area (Å²) in [6.07, 6.45) is 3.61. The zero-order chi connectivity index (χ0) is 15.1. The molecule has 0 aromatic heterocycles. The molecule has 2 heterocycles. The van der Waals surface area contributed by atoms with Crippen LogP contribution in [0.25, 0.3) is 0 Å². The van der Waals surface area contributed by atoms with Crippen LogP contribution >= 0.6 is 23.5 Å². The minimum atomic E-state index is -1.11. The van der Waals surface area contributed by atoms with Gasteiger partial charge in [0, 0.05) is 0 Å². The van der Waals surface area contributed by atoms with Crippen LogP contribution in [-0.2, 0) is 9.59 Å². The van der Waals surface area contributed by atoms with E-state index in [4.69, 9.17) is 0 Å². The highest BCUT2D eigenvalue weighted by Crippen LogP contribution is 2.62. The van der Waals surface area contributed by atoms with Crippen LogP contribution < -0.4 is 0 Å². The summed E-state index contributed by atoms with van der Waals surface area (Å²) in [4.78, 5) is 24.4. The highest BCUT2D eigenvalue weighted by atomic mass is 32.2. The second-order valence-corrected chi connectivity index (χ2v) is 7.11. The van der Waals surface area contributed by atoms with Gasteiger partial charge < -0.3 is 10.2 Å². The monoisotopic (exact) mass is 315 g/mol. The number of hydrogen-bond donors (Lipinski definition) is 2. The Morgan fingerprint density at radius 1 is 1.70 bits per heavy atom. The van der Waals surface area contributed by atoms with Gasteiger partial charge in [-0.2, -0.15) is 0 Å². The Hall–Kier alpha value is -0.920. The molecule has 0 spiro atoms. The Morgan fingerprint density at radius 3 is 2.80 bits per heavy atom. The summed E-state index contributed by atoms with van der Waals surface area (Å²) >= 11 is 2.68. The van der Waals surface area contributed by atoms with Gasteiger partial charge in [-0.15, -0.1) is 18.3 Å². The predicted molar refractivity (Wildman–Crippen MR) is 79.9 cm³/mol. The molecule has 20 heavy (non-hydrogen) atoms. The molecule has 0 unspecified atom stereocenters. The number of carboxylic acid groups (broad SMARTS) is 1. The molecule has 3 atom stereocenters. The van der Waals surface area contributed by atoms with Crippen molar-refractivity contribution in [3.8, 4) is 0 Å². The maximum absolute atomic E-state index is 12.3. The first-order valence-corrected chi connectivity index (χ1v) is 8.32. The fourth-order valence-electron chi connectivity index (χ4n) is 2.79. The zero-order valence-corrected chi connectivity index (χ0v) is 13.0. The van der Waals surface area contributed by atoms with Crippen LogP contribution in [-0.4, -0.2) is 44.2 Å². The number of β-lactam (4-membered cyclic amide) rings is 1. The summed E-state index contributed by atoms with van der Waals surface area (Å²) in [5, 5.41) is 19.5. The third-order valence-corrected chi connectivity index (χ3v) is 6.31. The Morgan fingerprint density at radius 2 is 2.35 bits per heavy atom. The molecule has 110 valence electrons. The fourth-order valence-corrected chi connectivity index (χ4v) is 5.38. The van der Waals surface area contributed by atoms with Crippen molar-refractivity contribution >= 4 is 35.4 Å². The number of aliphatic hydroxyl groups is 1. The molecule has 5 nitrogen and oxygen atoms in total. The number of rotatable bonds is 6. The summed E-state index contributed by atoms with van der Waals surface area (Å²) in [5.41, 5.74) is 0.0360. The SMILES string of the molecule is C=CC[C@]12SC(SC)=C(C(=O)O)N1C(=O)[C@H]2[C@@H](O)CC. The highest BCUT2D eigenvalue weighted by Gasteiger charge is 2.68. The van der Waals surface area contributed by atoms with E-state index in [2.05, 4.69) is 6.58 Å². The molecule has 0 saturated carbocycles. The first kappa shape index (κ1) is 15.5. The van der Waals surface area contributed by atoms with E-state index < -0.39 is 22.9 Å². The largest absolute Gasteiger partial charge is 0.477 e. The van der Waals surface area contributed by atoms with Crippen molar-refractivity contribution in [2.75, 3.05) is 6.26 Å². The number of carboxylic acids is 1. The van der Waals surface area contributed by atoms with Gasteiger partial charge >= 0.3 is 5.97 Å². The van der Waals surface area contributed by atoms with Crippen LogP contribution in [0.2, 0.25) is 0 Å². The van der Waals surface area contributed by atoms with Crippen molar-refractivity contribution in [2.24, 2.45) is 5.92 Å². The van der Waals surface area contributed by atoms with Crippen LogP contribution in [0.3, 0.4) is 0 Å². The average molecular weight is 315 g/mol. The van der Waals surface area contributed by atoms with E-state index in [1.807, 2.05) is 6.92 Å². The summed E-state index contributed by atoms with van der Waals surface area (Å²) in [6.45, 7) is 5.51. The van der Waals surface area contributed by atoms with Crippen molar-refractivity contribution in [3.63, 3.8) is 0 Å². The summed E-state index contributed by atoms with van der Waals surface area (Å²) < 4.78 is 0.610. The first-order chi connectivity index (χ1) is 9.44. The number of nitrogens with zero attached hydrogens (tertiary/aromatic N) is 1. The van der Waals surface area contributed by atoms with Gasteiger partial charge in [0.05, 0.1) is 16.3 Å². The predicted octanol–water partition coefficient (Wildman–Crippen LogP) is 1.85. The number of aliphatic carboxylic acids is 1. The number of carbonyl (C=O) groups excluding carboxylic acids is 1. The van der Waals surface area contributed by atoms with Crippen LogP contribution in [0.5, 0.6) is 0 Å². The van der Waals surface area contributed by atoms with E-state index in [1.54, 1.807) is 12.3 Å². The first-order valence-electron chi connectivity index (χ1n) is 6.28. The molecule has 2 aliphatic heterocycles. The van der Waals surface area contributed by atoms with Crippen LogP contribution in [0.15, 0.2) is 22.6 Å². The molecule has 7 heteroatoms. The van der Waals surface area contributed by atoms with E-state index in [0.717, 1.165) is 0 Å². The summed E-state index contributed by atoms with van der Waals surface area (Å²) in [7, 11) is 0. The molecule has 1 fully saturated rings. The molecule has 2 rings (SSSR count). The number of aliphatic hydroxyl groups excluding tert-OH is 1. The van der Waals surface area contributed by atoms with Crippen molar-refractivity contribution in [1.82, 2.24) is 4.90 Å². The highest BCUT2D eigenvalue weighted by molar-refractivity contribution is 8.22. The lowest BCUT2D eigenvalue weighted by atomic mass is 9.78. The Bertz CT molecular complexity index is 505. The summed E-state index contributed by atoms with van der Waals surface area (Å²) in [6, 6.07) is 0. The van der Waals surface area contributed by atoms with E-state index in [9.17, 15) is 19.8 Å². The molecule has 0 aliphatic carbocycles. The van der Waals surface area contributed by atoms with Crippen molar-refractivity contribution in [3.05, 3.63) is 22.6 Å². The van der Waals surface area contributed by atoms with Gasteiger partial charge in [0.15, 0.2) is 5.70 Å². The molecule has 0 bridgehead atoms. The standard InChI is InChI=1S/C13H17NO4S2/c1-4-6-13-8(7(15)5-2)10(16)14(13)9(11(17)18)12(19-3)20-13/h4,7-8,15H,1,5-6H2,2-3H3,(H,17,18)/t7-,8+,13+/m0/s1. The molecule has 0 aromatic rings. The van der Waals surface area contributed by atoms with Crippen molar-refractivity contribution < 1.29 is 19.8 Å². The van der Waals surface area contributed by atoms with Gasteiger partial charge in [-0.25, -0.2) is 4.79 Å². The van der Waals surface area contributed by atoms with Gasteiger partial charge in [0.2, 0.25) is 5.91 Å². The van der Waals surface area contributed by atoms with Crippen LogP contribution in [0.1, 0.15) is 19.8 Å². The molecular formula is C13H17NO4S2. The minimum Gasteiger partial charge on any atom is -0.477 e. The lowest BCUT2D eigenvalue weighted by Gasteiger charge is -2.54. The van der Waals surface area contributed by atoms with Crippen LogP contribution in [0.4, 0.5) is 0 Å². The van der Waals surface area contributed by atoms with Gasteiger partial charge in [-0.1, -0.05) is 24.8 Å². The number of thioether (sulfide) groups is 2. The van der Waals surface area contributed by atoms with Crippen molar-refractivity contribution in [2.45, 2.75) is 30.7 Å². The maximum atomic E-state index is 12.3. The molecule has 0 aromatic carbocycles. The lowest BCUT2D eigenvalue weighted by molar-refractivity contribution is -0.167. The molecule has 1 amide bonds.